The van der Waals surface area contributed by atoms with E-state index in [1.165, 1.54) is 0 Å². The van der Waals surface area contributed by atoms with E-state index in [1.807, 2.05) is 13.0 Å². The molecule has 3 heteroatoms. The van der Waals surface area contributed by atoms with Crippen LogP contribution in [-0.2, 0) is 0 Å². The molecule has 0 radical (unpaired) electrons. The van der Waals surface area contributed by atoms with Crippen molar-refractivity contribution in [3.63, 3.8) is 0 Å². The zero-order valence-corrected chi connectivity index (χ0v) is 5.83. The molecule has 0 fully saturated rings. The van der Waals surface area contributed by atoms with Gasteiger partial charge in [0.2, 0.25) is 0 Å². The summed E-state index contributed by atoms with van der Waals surface area (Å²) in [5.41, 5.74) is 13.1. The van der Waals surface area contributed by atoms with Gasteiger partial charge in [0, 0.05) is 5.69 Å². The molecule has 0 unspecified atom stereocenters. The predicted octanol–water partition coefficient (Wildman–Crippen LogP) is 0.420. The number of anilines is 1. The van der Waals surface area contributed by atoms with Gasteiger partial charge in [-0.15, -0.1) is 0 Å². The molecule has 0 amide bonds. The second-order valence-corrected chi connectivity index (χ2v) is 2.18. The predicted molar refractivity (Wildman–Crippen MR) is 39.6 cm³/mol. The van der Waals surface area contributed by atoms with Crippen molar-refractivity contribution in [1.82, 2.24) is 0 Å². The van der Waals surface area contributed by atoms with E-state index in [0.717, 1.165) is 16.9 Å². The third kappa shape index (κ3) is 1.13. The number of benzene rings is 1. The van der Waals surface area contributed by atoms with Crippen molar-refractivity contribution in [2.24, 2.45) is 5.11 Å². The zero-order valence-electron chi connectivity index (χ0n) is 5.83. The molecule has 1 rings (SSSR count). The van der Waals surface area contributed by atoms with Crippen LogP contribution >= 0.6 is 0 Å². The van der Waals surface area contributed by atoms with Crippen LogP contribution < -0.4 is 11.3 Å². The molecule has 0 aromatic heterocycles. The molecule has 0 bridgehead atoms. The zero-order chi connectivity index (χ0) is 7.56. The first-order valence-corrected chi connectivity index (χ1v) is 3.01. The molecule has 4 N–H and O–H groups in total. The molecule has 0 aliphatic carbocycles. The summed E-state index contributed by atoms with van der Waals surface area (Å²) in [4.78, 5) is 0. The second kappa shape index (κ2) is 2.47. The molecule has 52 valence electrons. The number of rotatable bonds is 1. The lowest BCUT2D eigenvalue weighted by atomic mass is 10.2. The summed E-state index contributed by atoms with van der Waals surface area (Å²) in [7, 11) is 0. The first kappa shape index (κ1) is 6.74. The lowest BCUT2D eigenvalue weighted by Crippen LogP contribution is -2.22. The minimum Gasteiger partial charge on any atom is -0.399 e. The van der Waals surface area contributed by atoms with Gasteiger partial charge in [-0.2, -0.15) is 5.53 Å². The van der Waals surface area contributed by atoms with Gasteiger partial charge in [0.1, 0.15) is 5.69 Å². The van der Waals surface area contributed by atoms with E-state index in [4.69, 9.17) is 11.3 Å². The van der Waals surface area contributed by atoms with E-state index in [1.54, 1.807) is 12.1 Å². The molecule has 0 spiro atoms. The van der Waals surface area contributed by atoms with E-state index in [2.05, 4.69) is 5.11 Å². The maximum absolute atomic E-state index is 5.50. The molecule has 3 nitrogen and oxygen atoms in total. The molecule has 0 aliphatic rings. The first-order valence-electron chi connectivity index (χ1n) is 3.01. The monoisotopic (exact) mass is 136 g/mol. The van der Waals surface area contributed by atoms with Crippen molar-refractivity contribution in [2.75, 3.05) is 5.73 Å². The highest BCUT2D eigenvalue weighted by molar-refractivity contribution is 5.53. The molecular formula is C7H10N3+. The van der Waals surface area contributed by atoms with Crippen molar-refractivity contribution in [1.29, 1.82) is 0 Å². The molecular weight excluding hydrogens is 126 g/mol. The SMILES string of the molecule is Cc1cc(N)ccc1N=[NH2+]. The van der Waals surface area contributed by atoms with Gasteiger partial charge in [-0.25, -0.2) is 0 Å². The van der Waals surface area contributed by atoms with Crippen LogP contribution in [0.5, 0.6) is 0 Å². The van der Waals surface area contributed by atoms with Crippen molar-refractivity contribution in [3.05, 3.63) is 23.8 Å². The Kier molecular flexibility index (Phi) is 1.67. The maximum atomic E-state index is 5.50. The maximum Gasteiger partial charge on any atom is 0.133 e. The Morgan fingerprint density at radius 3 is 2.70 bits per heavy atom. The van der Waals surface area contributed by atoms with Gasteiger partial charge in [0.25, 0.3) is 0 Å². The highest BCUT2D eigenvalue weighted by Gasteiger charge is 1.96. The molecule has 1 aromatic carbocycles. The minimum absolute atomic E-state index is 0.741. The average Bonchev–Trinajstić information content (AvgIpc) is 1.88. The Labute approximate surface area is 59.4 Å². The summed E-state index contributed by atoms with van der Waals surface area (Å²) in [5.74, 6) is 0. The standard InChI is InChI=1S/C7H9N3/c1-5-4-6(8)2-3-7(5)10-9/h2-4,9H,8H2,1H3/p+1. The number of hydrogen-bond donors (Lipinski definition) is 2. The first-order chi connectivity index (χ1) is 4.74. The molecule has 0 saturated carbocycles. The Morgan fingerprint density at radius 2 is 2.20 bits per heavy atom. The summed E-state index contributed by atoms with van der Waals surface area (Å²) >= 11 is 0. The number of nitrogens with two attached hydrogens (primary N) is 2. The van der Waals surface area contributed by atoms with E-state index >= 15 is 0 Å². The molecule has 0 saturated heterocycles. The van der Waals surface area contributed by atoms with Crippen LogP contribution in [0.1, 0.15) is 5.56 Å². The topological polar surface area (TPSA) is 64.0 Å². The third-order valence-corrected chi connectivity index (χ3v) is 1.36. The van der Waals surface area contributed by atoms with Gasteiger partial charge >= 0.3 is 0 Å². The fraction of sp³-hybridized carbons (Fsp3) is 0.143. The summed E-state index contributed by atoms with van der Waals surface area (Å²) in [6.07, 6.45) is 0. The van der Waals surface area contributed by atoms with Gasteiger partial charge in [-0.1, -0.05) is 0 Å². The summed E-state index contributed by atoms with van der Waals surface area (Å²) < 4.78 is 0. The fourth-order valence-electron chi connectivity index (χ4n) is 0.824. The highest BCUT2D eigenvalue weighted by Crippen LogP contribution is 2.18. The number of nitrogen functional groups attached to an aromatic ring is 1. The Balaban J connectivity index is 3.19. The molecule has 10 heavy (non-hydrogen) atoms. The van der Waals surface area contributed by atoms with Crippen molar-refractivity contribution in [2.45, 2.75) is 6.92 Å². The van der Waals surface area contributed by atoms with Crippen LogP contribution in [0.15, 0.2) is 23.3 Å². The number of nitrogens with zero attached hydrogens (tertiary/aromatic N) is 1. The Morgan fingerprint density at radius 1 is 1.50 bits per heavy atom. The Hall–Kier alpha value is -1.38. The summed E-state index contributed by atoms with van der Waals surface area (Å²) in [6, 6.07) is 5.41. The van der Waals surface area contributed by atoms with Gasteiger partial charge < -0.3 is 5.73 Å². The van der Waals surface area contributed by atoms with Crippen LogP contribution in [0.3, 0.4) is 0 Å². The number of hydrogen-bond acceptors (Lipinski definition) is 2. The van der Waals surface area contributed by atoms with E-state index in [0.29, 0.717) is 0 Å². The minimum atomic E-state index is 0.741. The van der Waals surface area contributed by atoms with Crippen molar-refractivity contribution in [3.8, 4) is 0 Å². The van der Waals surface area contributed by atoms with Crippen molar-refractivity contribution >= 4 is 11.4 Å². The quantitative estimate of drug-likeness (QED) is 0.426. The van der Waals surface area contributed by atoms with E-state index in [9.17, 15) is 0 Å². The van der Waals surface area contributed by atoms with Crippen LogP contribution in [0.25, 0.3) is 0 Å². The summed E-state index contributed by atoms with van der Waals surface area (Å²) in [6.45, 7) is 1.92. The molecule has 0 heterocycles. The largest absolute Gasteiger partial charge is 0.399 e. The van der Waals surface area contributed by atoms with Gasteiger partial charge in [-0.3, -0.25) is 0 Å². The fourth-order valence-corrected chi connectivity index (χ4v) is 0.824. The Bertz CT molecular complexity index is 255. The smallest absolute Gasteiger partial charge is 0.133 e. The van der Waals surface area contributed by atoms with E-state index < -0.39 is 0 Å². The molecule has 0 aliphatic heterocycles. The van der Waals surface area contributed by atoms with Crippen molar-refractivity contribution < 1.29 is 5.53 Å². The van der Waals surface area contributed by atoms with Gasteiger partial charge in [0.15, 0.2) is 0 Å². The average molecular weight is 136 g/mol. The third-order valence-electron chi connectivity index (χ3n) is 1.36. The van der Waals surface area contributed by atoms with Crippen LogP contribution in [-0.4, -0.2) is 0 Å². The van der Waals surface area contributed by atoms with Crippen LogP contribution in [0, 0.1) is 6.92 Å². The molecule has 1 aromatic rings. The van der Waals surface area contributed by atoms with Crippen LogP contribution in [0.4, 0.5) is 11.4 Å². The normalized spacial score (nSPS) is 9.30. The number of aryl methyl sites for hydroxylation is 1. The highest BCUT2D eigenvalue weighted by atomic mass is 15.0. The van der Waals surface area contributed by atoms with Gasteiger partial charge in [-0.05, 0) is 35.8 Å². The lowest BCUT2D eigenvalue weighted by molar-refractivity contribution is -0.210. The second-order valence-electron chi connectivity index (χ2n) is 2.18. The van der Waals surface area contributed by atoms with Crippen LogP contribution in [0.2, 0.25) is 0 Å². The lowest BCUT2D eigenvalue weighted by Gasteiger charge is -1.95. The van der Waals surface area contributed by atoms with E-state index in [-0.39, 0.29) is 0 Å². The molecule has 0 atom stereocenters. The van der Waals surface area contributed by atoms with Gasteiger partial charge in [0.05, 0.1) is 0 Å². The summed E-state index contributed by atoms with van der Waals surface area (Å²) in [5, 5.41) is 3.56.